The Labute approximate surface area is 139 Å². The van der Waals surface area contributed by atoms with E-state index in [-0.39, 0.29) is 0 Å². The van der Waals surface area contributed by atoms with Crippen LogP contribution in [0.3, 0.4) is 0 Å². The van der Waals surface area contributed by atoms with Crippen molar-refractivity contribution >= 4 is 5.82 Å². The lowest BCUT2D eigenvalue weighted by Crippen LogP contribution is -2.15. The van der Waals surface area contributed by atoms with E-state index < -0.39 is 6.10 Å². The molecule has 0 aromatic carbocycles. The molecule has 0 fully saturated rings. The zero-order chi connectivity index (χ0) is 16.4. The first kappa shape index (κ1) is 14.8. The molecule has 0 saturated carbocycles. The number of aliphatic hydroxyl groups is 1. The van der Waals surface area contributed by atoms with Gasteiger partial charge in [-0.1, -0.05) is 6.07 Å². The van der Waals surface area contributed by atoms with Gasteiger partial charge in [-0.3, -0.25) is 4.98 Å². The van der Waals surface area contributed by atoms with E-state index in [9.17, 15) is 5.11 Å². The van der Waals surface area contributed by atoms with Crippen molar-refractivity contribution in [2.75, 3.05) is 11.9 Å². The average molecular weight is 322 g/mol. The summed E-state index contributed by atoms with van der Waals surface area (Å²) in [6.07, 6.45) is 7.23. The molecule has 0 amide bonds. The highest BCUT2D eigenvalue weighted by molar-refractivity contribution is 5.57. The summed E-state index contributed by atoms with van der Waals surface area (Å²) in [6, 6.07) is 5.70. The summed E-state index contributed by atoms with van der Waals surface area (Å²) < 4.78 is 0. The molecular weight excluding hydrogens is 304 g/mol. The predicted octanol–water partition coefficient (Wildman–Crippen LogP) is 1.90. The third kappa shape index (κ3) is 2.85. The van der Waals surface area contributed by atoms with Gasteiger partial charge in [0, 0.05) is 24.0 Å². The third-order valence-electron chi connectivity index (χ3n) is 4.17. The van der Waals surface area contributed by atoms with E-state index in [2.05, 4.69) is 30.2 Å². The van der Waals surface area contributed by atoms with Crippen LogP contribution < -0.4 is 5.32 Å². The number of hydrogen-bond acceptors (Lipinski definition) is 6. The number of rotatable bonds is 5. The van der Waals surface area contributed by atoms with E-state index in [1.807, 2.05) is 18.2 Å². The maximum atomic E-state index is 10.2. The molecule has 1 unspecified atom stereocenters. The number of aliphatic hydroxyl groups excluding tert-OH is 1. The van der Waals surface area contributed by atoms with Crippen LogP contribution in [0.1, 0.15) is 29.5 Å². The summed E-state index contributed by atoms with van der Waals surface area (Å²) in [6.45, 7) is 0.354. The van der Waals surface area contributed by atoms with Gasteiger partial charge in [-0.2, -0.15) is 0 Å². The molecule has 3 aromatic heterocycles. The SMILES string of the molecule is OC(CNc1nc(-c2ccccn2)nc2c1CCC2)c1cnc[nH]1. The smallest absolute Gasteiger partial charge is 0.180 e. The Hall–Kier alpha value is -2.80. The zero-order valence-corrected chi connectivity index (χ0v) is 13.1. The fraction of sp³-hybridized carbons (Fsp3) is 0.294. The Morgan fingerprint density at radius 2 is 2.21 bits per heavy atom. The van der Waals surface area contributed by atoms with E-state index >= 15 is 0 Å². The second kappa shape index (κ2) is 6.37. The fourth-order valence-electron chi connectivity index (χ4n) is 2.94. The quantitative estimate of drug-likeness (QED) is 0.663. The van der Waals surface area contributed by atoms with Gasteiger partial charge in [0.05, 0.1) is 18.2 Å². The largest absolute Gasteiger partial charge is 0.385 e. The number of aromatic amines is 1. The number of nitrogens with zero attached hydrogens (tertiary/aromatic N) is 4. The van der Waals surface area contributed by atoms with Gasteiger partial charge in [-0.15, -0.1) is 0 Å². The van der Waals surface area contributed by atoms with Crippen LogP contribution in [0, 0.1) is 0 Å². The van der Waals surface area contributed by atoms with Gasteiger partial charge in [-0.05, 0) is 31.4 Å². The highest BCUT2D eigenvalue weighted by atomic mass is 16.3. The first-order valence-electron chi connectivity index (χ1n) is 8.02. The number of hydrogen-bond donors (Lipinski definition) is 3. The summed E-state index contributed by atoms with van der Waals surface area (Å²) in [4.78, 5) is 20.5. The van der Waals surface area contributed by atoms with Crippen LogP contribution in [-0.2, 0) is 12.8 Å². The van der Waals surface area contributed by atoms with Crippen LogP contribution in [-0.4, -0.2) is 36.6 Å². The van der Waals surface area contributed by atoms with E-state index in [0.29, 0.717) is 18.1 Å². The number of imidazole rings is 1. The van der Waals surface area contributed by atoms with Crippen molar-refractivity contribution in [3.63, 3.8) is 0 Å². The molecule has 0 saturated heterocycles. The van der Waals surface area contributed by atoms with Crippen LogP contribution >= 0.6 is 0 Å². The van der Waals surface area contributed by atoms with E-state index in [0.717, 1.165) is 42.0 Å². The number of nitrogens with one attached hydrogen (secondary N) is 2. The molecule has 122 valence electrons. The lowest BCUT2D eigenvalue weighted by molar-refractivity contribution is 0.187. The first-order chi connectivity index (χ1) is 11.8. The van der Waals surface area contributed by atoms with Gasteiger partial charge in [0.15, 0.2) is 5.82 Å². The maximum Gasteiger partial charge on any atom is 0.180 e. The van der Waals surface area contributed by atoms with Gasteiger partial charge >= 0.3 is 0 Å². The third-order valence-corrected chi connectivity index (χ3v) is 4.17. The Balaban J connectivity index is 1.61. The molecule has 3 N–H and O–H groups in total. The van der Waals surface area contributed by atoms with Crippen molar-refractivity contribution in [2.45, 2.75) is 25.4 Å². The molecule has 1 aliphatic carbocycles. The maximum absolute atomic E-state index is 10.2. The van der Waals surface area contributed by atoms with Crippen LogP contribution in [0.4, 0.5) is 5.82 Å². The predicted molar refractivity (Wildman–Crippen MR) is 89.3 cm³/mol. The van der Waals surface area contributed by atoms with Gasteiger partial charge in [0.25, 0.3) is 0 Å². The van der Waals surface area contributed by atoms with E-state index in [4.69, 9.17) is 0 Å². The van der Waals surface area contributed by atoms with Crippen molar-refractivity contribution in [2.24, 2.45) is 0 Å². The van der Waals surface area contributed by atoms with Crippen molar-refractivity contribution in [3.8, 4) is 11.5 Å². The molecule has 0 radical (unpaired) electrons. The van der Waals surface area contributed by atoms with E-state index in [1.54, 1.807) is 18.7 Å². The molecule has 7 heteroatoms. The minimum absolute atomic E-state index is 0.354. The van der Waals surface area contributed by atoms with Gasteiger partial charge in [0.1, 0.15) is 17.6 Å². The molecule has 4 rings (SSSR count). The van der Waals surface area contributed by atoms with E-state index in [1.165, 1.54) is 0 Å². The highest BCUT2D eigenvalue weighted by Crippen LogP contribution is 2.29. The monoisotopic (exact) mass is 322 g/mol. The minimum atomic E-state index is -0.669. The Morgan fingerprint density at radius 3 is 3.00 bits per heavy atom. The molecule has 0 aliphatic heterocycles. The number of anilines is 1. The van der Waals surface area contributed by atoms with Crippen LogP contribution in [0.25, 0.3) is 11.5 Å². The normalized spacial score (nSPS) is 14.4. The van der Waals surface area contributed by atoms with Gasteiger partial charge in [0.2, 0.25) is 0 Å². The highest BCUT2D eigenvalue weighted by Gasteiger charge is 2.21. The number of pyridine rings is 1. The number of fused-ring (bicyclic) bond motifs is 1. The molecule has 3 aromatic rings. The fourth-order valence-corrected chi connectivity index (χ4v) is 2.94. The second-order valence-electron chi connectivity index (χ2n) is 5.79. The van der Waals surface area contributed by atoms with Crippen molar-refractivity contribution in [1.82, 2.24) is 24.9 Å². The molecule has 0 spiro atoms. The Kier molecular flexibility index (Phi) is 3.92. The van der Waals surface area contributed by atoms with Crippen molar-refractivity contribution in [1.29, 1.82) is 0 Å². The zero-order valence-electron chi connectivity index (χ0n) is 13.1. The lowest BCUT2D eigenvalue weighted by atomic mass is 10.2. The summed E-state index contributed by atoms with van der Waals surface area (Å²) >= 11 is 0. The molecule has 24 heavy (non-hydrogen) atoms. The molecule has 1 aliphatic rings. The number of aryl methyl sites for hydroxylation is 1. The molecule has 0 bridgehead atoms. The summed E-state index contributed by atoms with van der Waals surface area (Å²) in [7, 11) is 0. The van der Waals surface area contributed by atoms with Crippen LogP contribution in [0.2, 0.25) is 0 Å². The lowest BCUT2D eigenvalue weighted by Gasteiger charge is -2.14. The number of H-pyrrole nitrogens is 1. The molecule has 1 atom stereocenters. The minimum Gasteiger partial charge on any atom is -0.385 e. The first-order valence-corrected chi connectivity index (χ1v) is 8.02. The topological polar surface area (TPSA) is 99.6 Å². The second-order valence-corrected chi connectivity index (χ2v) is 5.79. The average Bonchev–Trinajstić information content (AvgIpc) is 3.31. The standard InChI is InChI=1S/C17H18N6O/c24-15(14-8-18-10-21-14)9-20-16-11-4-3-6-12(11)22-17(23-16)13-5-1-2-7-19-13/h1-2,5,7-8,10,15,24H,3-4,6,9H2,(H,18,21)(H,20,22,23). The Morgan fingerprint density at radius 1 is 1.25 bits per heavy atom. The van der Waals surface area contributed by atoms with Crippen LogP contribution in [0.15, 0.2) is 36.9 Å². The molecule has 3 heterocycles. The molecule has 7 nitrogen and oxygen atoms in total. The number of aromatic nitrogens is 5. The van der Waals surface area contributed by atoms with Gasteiger partial charge < -0.3 is 15.4 Å². The molecular formula is C17H18N6O. The summed E-state index contributed by atoms with van der Waals surface area (Å²) in [5.74, 6) is 1.41. The van der Waals surface area contributed by atoms with Crippen molar-refractivity contribution in [3.05, 3.63) is 53.9 Å². The van der Waals surface area contributed by atoms with Crippen molar-refractivity contribution < 1.29 is 5.11 Å². The van der Waals surface area contributed by atoms with Gasteiger partial charge in [-0.25, -0.2) is 15.0 Å². The summed E-state index contributed by atoms with van der Waals surface area (Å²) in [5.41, 5.74) is 3.65. The Bertz CT molecular complexity index is 819. The summed E-state index contributed by atoms with van der Waals surface area (Å²) in [5, 5.41) is 13.5. The van der Waals surface area contributed by atoms with Crippen LogP contribution in [0.5, 0.6) is 0 Å².